The van der Waals surface area contributed by atoms with Gasteiger partial charge in [0.1, 0.15) is 0 Å². The van der Waals surface area contributed by atoms with Crippen molar-refractivity contribution in [2.45, 2.75) is 18.8 Å². The second kappa shape index (κ2) is 2.83. The lowest BCUT2D eigenvalue weighted by Crippen LogP contribution is -2.24. The molecule has 0 spiro atoms. The van der Waals surface area contributed by atoms with E-state index in [9.17, 15) is 0 Å². The summed E-state index contributed by atoms with van der Waals surface area (Å²) in [7, 11) is 0. The molecule has 2 aliphatic rings. The van der Waals surface area contributed by atoms with Crippen LogP contribution in [0.4, 0.5) is 0 Å². The third-order valence-corrected chi connectivity index (χ3v) is 4.32. The summed E-state index contributed by atoms with van der Waals surface area (Å²) in [5.41, 5.74) is 2.10. The molecule has 1 saturated heterocycles. The molecule has 0 radical (unpaired) electrons. The Labute approximate surface area is 85.5 Å². The number of nitrogens with one attached hydrogen (secondary N) is 1. The zero-order valence-corrected chi connectivity index (χ0v) is 8.66. The fourth-order valence-electron chi connectivity index (χ4n) is 3.55. The van der Waals surface area contributed by atoms with E-state index in [0.29, 0.717) is 5.41 Å². The molecular weight excluding hydrogens is 170 g/mol. The molecule has 0 aromatic heterocycles. The lowest BCUT2D eigenvalue weighted by molar-refractivity contribution is 0.502. The first-order valence-electron chi connectivity index (χ1n) is 5.66. The number of rotatable bonds is 2. The Morgan fingerprint density at radius 2 is 1.86 bits per heavy atom. The monoisotopic (exact) mass is 187 g/mol. The topological polar surface area (TPSA) is 12.0 Å². The van der Waals surface area contributed by atoms with Crippen molar-refractivity contribution in [2.75, 3.05) is 13.1 Å². The number of hydrogen-bond acceptors (Lipinski definition) is 1. The van der Waals surface area contributed by atoms with Crippen LogP contribution in [0, 0.1) is 11.8 Å². The molecule has 1 heterocycles. The van der Waals surface area contributed by atoms with Gasteiger partial charge >= 0.3 is 0 Å². The minimum Gasteiger partial charge on any atom is -0.316 e. The van der Waals surface area contributed by atoms with Gasteiger partial charge in [0.15, 0.2) is 0 Å². The molecule has 2 atom stereocenters. The van der Waals surface area contributed by atoms with E-state index in [2.05, 4.69) is 42.6 Å². The Hall–Kier alpha value is -0.820. The van der Waals surface area contributed by atoms with E-state index >= 15 is 0 Å². The molecule has 3 rings (SSSR count). The highest BCUT2D eigenvalue weighted by Crippen LogP contribution is 2.63. The van der Waals surface area contributed by atoms with Gasteiger partial charge in [0, 0.05) is 5.41 Å². The Kier molecular flexibility index (Phi) is 1.72. The lowest BCUT2D eigenvalue weighted by atomic mass is 9.88. The third-order valence-electron chi connectivity index (χ3n) is 4.32. The zero-order valence-electron chi connectivity index (χ0n) is 8.66. The summed E-state index contributed by atoms with van der Waals surface area (Å²) < 4.78 is 0. The van der Waals surface area contributed by atoms with E-state index in [1.54, 1.807) is 5.56 Å². The molecule has 1 aromatic carbocycles. The fraction of sp³-hybridized carbons (Fsp3) is 0.538. The van der Waals surface area contributed by atoms with Gasteiger partial charge in [-0.1, -0.05) is 37.3 Å². The molecule has 14 heavy (non-hydrogen) atoms. The number of benzene rings is 1. The predicted molar refractivity (Wildman–Crippen MR) is 58.3 cm³/mol. The van der Waals surface area contributed by atoms with Gasteiger partial charge in [-0.2, -0.15) is 0 Å². The second-order valence-corrected chi connectivity index (χ2v) is 4.63. The van der Waals surface area contributed by atoms with Crippen LogP contribution in [-0.4, -0.2) is 13.1 Å². The summed E-state index contributed by atoms with van der Waals surface area (Å²) in [6.07, 6.45) is 1.30. The van der Waals surface area contributed by atoms with Crippen LogP contribution < -0.4 is 5.32 Å². The minimum atomic E-state index is 0.534. The lowest BCUT2D eigenvalue weighted by Gasteiger charge is -2.19. The molecule has 1 heteroatoms. The average Bonchev–Trinajstić information content (AvgIpc) is 2.62. The van der Waals surface area contributed by atoms with E-state index in [1.165, 1.54) is 19.5 Å². The summed E-state index contributed by atoms with van der Waals surface area (Å²) in [5.74, 6) is 1.82. The highest BCUT2D eigenvalue weighted by Gasteiger charge is 2.65. The molecule has 1 aliphatic heterocycles. The molecule has 0 amide bonds. The van der Waals surface area contributed by atoms with Crippen LogP contribution in [0.5, 0.6) is 0 Å². The summed E-state index contributed by atoms with van der Waals surface area (Å²) in [6.45, 7) is 4.80. The Morgan fingerprint density at radius 3 is 2.43 bits per heavy atom. The van der Waals surface area contributed by atoms with Crippen molar-refractivity contribution in [3.8, 4) is 0 Å². The van der Waals surface area contributed by atoms with E-state index in [4.69, 9.17) is 0 Å². The normalized spacial score (nSPS) is 39.5. The Balaban J connectivity index is 1.97. The first-order chi connectivity index (χ1) is 6.89. The molecule has 2 fully saturated rings. The van der Waals surface area contributed by atoms with Crippen molar-refractivity contribution >= 4 is 0 Å². The summed E-state index contributed by atoms with van der Waals surface area (Å²) in [5, 5.41) is 3.48. The largest absolute Gasteiger partial charge is 0.316 e. The molecule has 1 aliphatic carbocycles. The highest BCUT2D eigenvalue weighted by molar-refractivity contribution is 5.38. The van der Waals surface area contributed by atoms with E-state index < -0.39 is 0 Å². The van der Waals surface area contributed by atoms with Crippen LogP contribution in [0.2, 0.25) is 0 Å². The maximum atomic E-state index is 3.48. The van der Waals surface area contributed by atoms with Crippen LogP contribution in [0.25, 0.3) is 0 Å². The molecule has 1 aromatic rings. The van der Waals surface area contributed by atoms with Crippen molar-refractivity contribution in [3.63, 3.8) is 0 Å². The van der Waals surface area contributed by atoms with Crippen LogP contribution in [0.3, 0.4) is 0 Å². The average molecular weight is 187 g/mol. The van der Waals surface area contributed by atoms with Crippen molar-refractivity contribution in [2.24, 2.45) is 11.8 Å². The van der Waals surface area contributed by atoms with Crippen LogP contribution in [0.15, 0.2) is 30.3 Å². The number of piperidine rings is 1. The highest BCUT2D eigenvalue weighted by atomic mass is 15.0. The van der Waals surface area contributed by atoms with Crippen LogP contribution in [0.1, 0.15) is 18.9 Å². The molecule has 1 N–H and O–H groups in total. The van der Waals surface area contributed by atoms with Crippen molar-refractivity contribution in [1.82, 2.24) is 5.32 Å². The minimum absolute atomic E-state index is 0.534. The van der Waals surface area contributed by atoms with Gasteiger partial charge in [0.2, 0.25) is 0 Å². The van der Waals surface area contributed by atoms with Gasteiger partial charge < -0.3 is 5.32 Å². The van der Waals surface area contributed by atoms with E-state index in [-0.39, 0.29) is 0 Å². The Morgan fingerprint density at radius 1 is 1.21 bits per heavy atom. The van der Waals surface area contributed by atoms with Gasteiger partial charge in [0.05, 0.1) is 0 Å². The maximum absolute atomic E-state index is 3.48. The summed E-state index contributed by atoms with van der Waals surface area (Å²) in [4.78, 5) is 0. The first-order valence-corrected chi connectivity index (χ1v) is 5.66. The van der Waals surface area contributed by atoms with Crippen molar-refractivity contribution < 1.29 is 0 Å². The van der Waals surface area contributed by atoms with Gasteiger partial charge in [0.25, 0.3) is 0 Å². The molecule has 0 bridgehead atoms. The van der Waals surface area contributed by atoms with Crippen molar-refractivity contribution in [3.05, 3.63) is 35.9 Å². The quantitative estimate of drug-likeness (QED) is 0.748. The van der Waals surface area contributed by atoms with Gasteiger partial charge in [-0.3, -0.25) is 0 Å². The number of hydrogen-bond donors (Lipinski definition) is 1. The summed E-state index contributed by atoms with van der Waals surface area (Å²) >= 11 is 0. The van der Waals surface area contributed by atoms with E-state index in [1.807, 2.05) is 0 Å². The summed E-state index contributed by atoms with van der Waals surface area (Å²) in [6, 6.07) is 11.1. The van der Waals surface area contributed by atoms with Crippen LogP contribution >= 0.6 is 0 Å². The maximum Gasteiger partial charge on any atom is 0.00379 e. The zero-order chi connectivity index (χ0) is 9.60. The molecule has 1 nitrogen and oxygen atoms in total. The molecule has 74 valence electrons. The van der Waals surface area contributed by atoms with E-state index in [0.717, 1.165) is 11.8 Å². The number of fused-ring (bicyclic) bond motifs is 1. The smallest absolute Gasteiger partial charge is 0.00379 e. The predicted octanol–water partition coefficient (Wildman–Crippen LogP) is 2.18. The molecular formula is C13H17N. The first kappa shape index (κ1) is 8.49. The molecule has 1 saturated carbocycles. The van der Waals surface area contributed by atoms with Crippen LogP contribution in [-0.2, 0) is 5.41 Å². The Bertz CT molecular complexity index is 320. The fourth-order valence-corrected chi connectivity index (χ4v) is 3.55. The molecule has 2 unspecified atom stereocenters. The van der Waals surface area contributed by atoms with Gasteiger partial charge in [-0.25, -0.2) is 0 Å². The SMILES string of the molecule is CCC1(c2ccccc2)C2CNCC21. The van der Waals surface area contributed by atoms with Gasteiger partial charge in [-0.05, 0) is 36.9 Å². The van der Waals surface area contributed by atoms with Crippen molar-refractivity contribution in [1.29, 1.82) is 0 Å². The third kappa shape index (κ3) is 0.885. The second-order valence-electron chi connectivity index (χ2n) is 4.63. The standard InChI is InChI=1S/C13H17N/c1-2-13(10-6-4-3-5-7-10)11-8-14-9-12(11)13/h3-7,11-12,14H,2,8-9H2,1H3. The van der Waals surface area contributed by atoms with Gasteiger partial charge in [-0.15, -0.1) is 0 Å².